The van der Waals surface area contributed by atoms with E-state index in [-0.39, 0.29) is 0 Å². The van der Waals surface area contributed by atoms with Crippen LogP contribution in [-0.2, 0) is 0 Å². The summed E-state index contributed by atoms with van der Waals surface area (Å²) in [4.78, 5) is 0. The van der Waals surface area contributed by atoms with E-state index in [9.17, 15) is 0 Å². The van der Waals surface area contributed by atoms with Gasteiger partial charge < -0.3 is 0 Å². The van der Waals surface area contributed by atoms with Crippen LogP contribution < -0.4 is 0 Å². The van der Waals surface area contributed by atoms with E-state index < -0.39 is 0 Å². The van der Waals surface area contributed by atoms with Crippen molar-refractivity contribution in [1.29, 1.82) is 0 Å². The molecule has 0 spiro atoms. The van der Waals surface area contributed by atoms with Gasteiger partial charge in [0.05, 0.1) is 4.21 Å². The average molecular weight is 130 g/mol. The summed E-state index contributed by atoms with van der Waals surface area (Å²) in [5.41, 5.74) is 0. The molecule has 0 unspecified atom stereocenters. The normalized spacial score (nSPS) is 9.29. The standard InChI is InChI=1S/C4H4NS2/c1-6-4-2-3-5-7-4/h2-3H,1H2. The Kier molecular flexibility index (Phi) is 1.70. The second-order valence-corrected chi connectivity index (χ2v) is 2.80. The van der Waals surface area contributed by atoms with Gasteiger partial charge in [-0.05, 0) is 17.6 Å². The van der Waals surface area contributed by atoms with Gasteiger partial charge in [-0.15, -0.1) is 11.8 Å². The summed E-state index contributed by atoms with van der Waals surface area (Å²) in [6.07, 6.45) is 5.39. The zero-order chi connectivity index (χ0) is 5.11. The number of rotatable bonds is 1. The molecule has 1 aromatic rings. The Morgan fingerprint density at radius 1 is 1.86 bits per heavy atom. The Labute approximate surface area is 50.9 Å². The zero-order valence-electron chi connectivity index (χ0n) is 3.63. The Morgan fingerprint density at radius 3 is 3.00 bits per heavy atom. The summed E-state index contributed by atoms with van der Waals surface area (Å²) in [6.45, 7) is 0. The minimum Gasteiger partial charge on any atom is -0.200 e. The molecule has 0 aromatic carbocycles. The Balaban J connectivity index is 2.76. The molecule has 0 saturated carbocycles. The van der Waals surface area contributed by atoms with Crippen LogP contribution in [-0.4, -0.2) is 4.37 Å². The maximum atomic E-state index is 3.87. The van der Waals surface area contributed by atoms with E-state index in [1.165, 1.54) is 27.5 Å². The Hall–Kier alpha value is -0.0200. The number of hydrogen-bond acceptors (Lipinski definition) is 3. The van der Waals surface area contributed by atoms with Gasteiger partial charge in [-0.2, -0.15) is 0 Å². The third-order valence-electron chi connectivity index (χ3n) is 0.556. The van der Waals surface area contributed by atoms with E-state index in [1.54, 1.807) is 6.20 Å². The lowest BCUT2D eigenvalue weighted by Crippen LogP contribution is -1.42. The summed E-state index contributed by atoms with van der Waals surface area (Å²) < 4.78 is 5.04. The van der Waals surface area contributed by atoms with Crippen LogP contribution in [0.4, 0.5) is 0 Å². The van der Waals surface area contributed by atoms with Crippen LogP contribution in [0.15, 0.2) is 16.5 Å². The molecule has 0 atom stereocenters. The van der Waals surface area contributed by atoms with Gasteiger partial charge in [-0.3, -0.25) is 0 Å². The maximum absolute atomic E-state index is 3.87. The lowest BCUT2D eigenvalue weighted by molar-refractivity contribution is 1.57. The molecule has 37 valence electrons. The van der Waals surface area contributed by atoms with Crippen molar-refractivity contribution >= 4 is 23.3 Å². The molecule has 1 rings (SSSR count). The average Bonchev–Trinajstić information content (AvgIpc) is 2.14. The van der Waals surface area contributed by atoms with Gasteiger partial charge >= 0.3 is 0 Å². The molecule has 0 aliphatic rings. The molecule has 0 bridgehead atoms. The first kappa shape index (κ1) is 5.12. The van der Waals surface area contributed by atoms with Crippen LogP contribution in [0.5, 0.6) is 0 Å². The number of nitrogens with zero attached hydrogens (tertiary/aromatic N) is 1. The van der Waals surface area contributed by atoms with Crippen molar-refractivity contribution in [2.45, 2.75) is 4.21 Å². The minimum atomic E-state index is 1.17. The lowest BCUT2D eigenvalue weighted by atomic mass is 10.8. The molecular formula is C4H4NS2. The van der Waals surface area contributed by atoms with Crippen molar-refractivity contribution in [1.82, 2.24) is 4.37 Å². The van der Waals surface area contributed by atoms with E-state index in [0.717, 1.165) is 0 Å². The fraction of sp³-hybridized carbons (Fsp3) is 0. The SMILES string of the molecule is [CH2]Sc1ccns1. The quantitative estimate of drug-likeness (QED) is 0.539. The van der Waals surface area contributed by atoms with Crippen LogP contribution in [0.2, 0.25) is 0 Å². The van der Waals surface area contributed by atoms with Crippen molar-refractivity contribution in [3.63, 3.8) is 0 Å². The van der Waals surface area contributed by atoms with Crippen molar-refractivity contribution in [2.24, 2.45) is 0 Å². The summed E-state index contributed by atoms with van der Waals surface area (Å²) in [5, 5.41) is 0. The molecule has 0 saturated heterocycles. The summed E-state index contributed by atoms with van der Waals surface area (Å²) >= 11 is 2.95. The van der Waals surface area contributed by atoms with Crippen LogP contribution in [0.25, 0.3) is 0 Å². The van der Waals surface area contributed by atoms with Gasteiger partial charge in [0, 0.05) is 12.5 Å². The second-order valence-electron chi connectivity index (χ2n) is 0.976. The molecule has 0 N–H and O–H groups in total. The molecule has 1 nitrogen and oxygen atoms in total. The highest BCUT2D eigenvalue weighted by atomic mass is 32.2. The van der Waals surface area contributed by atoms with E-state index in [4.69, 9.17) is 0 Å². The smallest absolute Gasteiger partial charge is 0.0806 e. The summed E-state index contributed by atoms with van der Waals surface area (Å²) in [6, 6.07) is 1.95. The zero-order valence-corrected chi connectivity index (χ0v) is 5.26. The van der Waals surface area contributed by atoms with Gasteiger partial charge in [0.1, 0.15) is 0 Å². The van der Waals surface area contributed by atoms with Crippen molar-refractivity contribution in [3.05, 3.63) is 18.5 Å². The van der Waals surface area contributed by atoms with Crippen molar-refractivity contribution in [2.75, 3.05) is 0 Å². The molecule has 7 heavy (non-hydrogen) atoms. The fourth-order valence-corrected chi connectivity index (χ4v) is 1.12. The van der Waals surface area contributed by atoms with Gasteiger partial charge in [0.2, 0.25) is 0 Å². The topological polar surface area (TPSA) is 12.9 Å². The highest BCUT2D eigenvalue weighted by molar-refractivity contribution is 8.02. The highest BCUT2D eigenvalue weighted by Crippen LogP contribution is 2.18. The molecule has 1 heterocycles. The molecule has 0 amide bonds. The minimum absolute atomic E-state index is 1.17. The molecule has 0 aliphatic heterocycles. The fourth-order valence-electron chi connectivity index (χ4n) is 0.279. The van der Waals surface area contributed by atoms with E-state index in [0.29, 0.717) is 0 Å². The summed E-state index contributed by atoms with van der Waals surface area (Å²) in [7, 11) is 0. The molecule has 3 heteroatoms. The number of hydrogen-bond donors (Lipinski definition) is 0. The largest absolute Gasteiger partial charge is 0.200 e. The van der Waals surface area contributed by atoms with Gasteiger partial charge in [-0.25, -0.2) is 4.37 Å². The first-order valence-corrected chi connectivity index (χ1v) is 3.52. The van der Waals surface area contributed by atoms with Gasteiger partial charge in [0.25, 0.3) is 0 Å². The van der Waals surface area contributed by atoms with Gasteiger partial charge in [0.15, 0.2) is 0 Å². The molecule has 0 aliphatic carbocycles. The summed E-state index contributed by atoms with van der Waals surface area (Å²) in [5.74, 6) is 0. The molecule has 1 radical (unpaired) electrons. The van der Waals surface area contributed by atoms with Gasteiger partial charge in [-0.1, -0.05) is 0 Å². The molecular weight excluding hydrogens is 126 g/mol. The molecule has 0 fully saturated rings. The third-order valence-corrected chi connectivity index (χ3v) is 2.10. The Morgan fingerprint density at radius 2 is 2.71 bits per heavy atom. The highest BCUT2D eigenvalue weighted by Gasteiger charge is 1.85. The molecule has 1 aromatic heterocycles. The lowest BCUT2D eigenvalue weighted by Gasteiger charge is -1.76. The maximum Gasteiger partial charge on any atom is 0.0806 e. The third kappa shape index (κ3) is 1.17. The Bertz CT molecular complexity index is 124. The van der Waals surface area contributed by atoms with Crippen molar-refractivity contribution < 1.29 is 0 Å². The number of thioether (sulfide) groups is 1. The van der Waals surface area contributed by atoms with Crippen molar-refractivity contribution in [3.8, 4) is 0 Å². The second kappa shape index (κ2) is 2.33. The van der Waals surface area contributed by atoms with Crippen LogP contribution in [0, 0.1) is 6.26 Å². The predicted octanol–water partition coefficient (Wildman–Crippen LogP) is 2.03. The van der Waals surface area contributed by atoms with E-state index in [2.05, 4.69) is 10.6 Å². The monoisotopic (exact) mass is 130 g/mol. The van der Waals surface area contributed by atoms with Crippen LogP contribution >= 0.6 is 23.3 Å². The number of aromatic nitrogens is 1. The van der Waals surface area contributed by atoms with Crippen LogP contribution in [0.3, 0.4) is 0 Å². The first-order chi connectivity index (χ1) is 3.43. The predicted molar refractivity (Wildman–Crippen MR) is 33.3 cm³/mol. The first-order valence-electron chi connectivity index (χ1n) is 1.76. The van der Waals surface area contributed by atoms with E-state index in [1.807, 2.05) is 6.07 Å². The van der Waals surface area contributed by atoms with E-state index >= 15 is 0 Å². The van der Waals surface area contributed by atoms with Crippen LogP contribution in [0.1, 0.15) is 0 Å².